The molecule has 1 saturated carbocycles. The Morgan fingerprint density at radius 2 is 2.15 bits per heavy atom. The molecule has 1 rings (SSSR count). The molecule has 0 spiro atoms. The van der Waals surface area contributed by atoms with Gasteiger partial charge >= 0.3 is 5.97 Å². The van der Waals surface area contributed by atoms with Crippen LogP contribution in [0.1, 0.15) is 12.8 Å². The first-order valence-electron chi connectivity index (χ1n) is 4.60. The van der Waals surface area contributed by atoms with Crippen LogP contribution in [0.2, 0.25) is 0 Å². The molecule has 0 radical (unpaired) electrons. The number of hydrogen-bond donors (Lipinski definition) is 2. The fourth-order valence-electron chi connectivity index (χ4n) is 1.84. The Morgan fingerprint density at radius 1 is 1.62 bits per heavy atom. The Morgan fingerprint density at radius 3 is 2.38 bits per heavy atom. The first-order valence-corrected chi connectivity index (χ1v) is 4.60. The predicted octanol–water partition coefficient (Wildman–Crippen LogP) is 0.000800. The van der Waals surface area contributed by atoms with E-state index in [9.17, 15) is 9.90 Å². The third kappa shape index (κ3) is 2.00. The molecular formula is C9H18N2O2. The molecule has 0 aromatic heterocycles. The number of carbonyl (C=O) groups is 1. The maximum atomic E-state index is 11.2. The molecule has 0 heterocycles. The van der Waals surface area contributed by atoms with Gasteiger partial charge in [-0.3, -0.25) is 4.79 Å². The summed E-state index contributed by atoms with van der Waals surface area (Å²) in [6, 6.07) is 0. The van der Waals surface area contributed by atoms with Crippen molar-refractivity contribution in [2.45, 2.75) is 18.4 Å². The molecule has 1 fully saturated rings. The van der Waals surface area contributed by atoms with Gasteiger partial charge in [-0.1, -0.05) is 0 Å². The molecule has 76 valence electrons. The van der Waals surface area contributed by atoms with E-state index in [1.807, 2.05) is 19.0 Å². The molecule has 0 amide bonds. The van der Waals surface area contributed by atoms with Gasteiger partial charge in [-0.15, -0.1) is 0 Å². The summed E-state index contributed by atoms with van der Waals surface area (Å²) in [5.74, 6) is -0.427. The van der Waals surface area contributed by atoms with E-state index in [4.69, 9.17) is 0 Å². The first-order chi connectivity index (χ1) is 6.03. The molecule has 1 aliphatic carbocycles. The lowest BCUT2D eigenvalue weighted by molar-refractivity contribution is -0.146. The molecule has 4 heteroatoms. The van der Waals surface area contributed by atoms with Gasteiger partial charge in [0.15, 0.2) is 0 Å². The standard InChI is InChI=1S/C9H18N2O2/c1-10-9(8(12)13,6-11(2)3)7-4-5-7/h7,10H,4-6H2,1-3H3,(H,12,13). The molecule has 0 bridgehead atoms. The number of hydrogen-bond acceptors (Lipinski definition) is 3. The Hall–Kier alpha value is -0.610. The zero-order valence-corrected chi connectivity index (χ0v) is 8.50. The number of aliphatic carboxylic acids is 1. The van der Waals surface area contributed by atoms with Crippen LogP contribution >= 0.6 is 0 Å². The van der Waals surface area contributed by atoms with E-state index in [-0.39, 0.29) is 0 Å². The molecule has 1 atom stereocenters. The Labute approximate surface area is 78.9 Å². The van der Waals surface area contributed by atoms with Crippen LogP contribution in [0, 0.1) is 5.92 Å². The maximum Gasteiger partial charge on any atom is 0.325 e. The normalized spacial score (nSPS) is 21.5. The van der Waals surface area contributed by atoms with Crippen molar-refractivity contribution in [1.29, 1.82) is 0 Å². The van der Waals surface area contributed by atoms with Crippen LogP contribution in [0.15, 0.2) is 0 Å². The monoisotopic (exact) mass is 186 g/mol. The number of carboxylic acids is 1. The van der Waals surface area contributed by atoms with E-state index in [2.05, 4.69) is 5.32 Å². The Balaban J connectivity index is 2.75. The number of nitrogens with zero attached hydrogens (tertiary/aromatic N) is 1. The van der Waals surface area contributed by atoms with E-state index < -0.39 is 11.5 Å². The van der Waals surface area contributed by atoms with Crippen LogP contribution in [0.25, 0.3) is 0 Å². The van der Waals surface area contributed by atoms with Crippen molar-refractivity contribution in [3.8, 4) is 0 Å². The van der Waals surface area contributed by atoms with E-state index in [1.165, 1.54) is 0 Å². The Kier molecular flexibility index (Phi) is 2.93. The second-order valence-electron chi connectivity index (χ2n) is 4.04. The molecule has 1 aliphatic rings. The smallest absolute Gasteiger partial charge is 0.325 e. The number of nitrogens with one attached hydrogen (secondary N) is 1. The molecule has 0 aromatic rings. The number of carboxylic acid groups (broad SMARTS) is 1. The van der Waals surface area contributed by atoms with Crippen LogP contribution < -0.4 is 5.32 Å². The van der Waals surface area contributed by atoms with E-state index in [0.717, 1.165) is 12.8 Å². The zero-order chi connectivity index (χ0) is 10.1. The predicted molar refractivity (Wildman–Crippen MR) is 50.7 cm³/mol. The lowest BCUT2D eigenvalue weighted by Gasteiger charge is -2.31. The summed E-state index contributed by atoms with van der Waals surface area (Å²) in [5, 5.41) is 12.2. The van der Waals surface area contributed by atoms with Gasteiger partial charge in [0.1, 0.15) is 5.54 Å². The number of rotatable bonds is 5. The highest BCUT2D eigenvalue weighted by Gasteiger charge is 2.50. The summed E-state index contributed by atoms with van der Waals surface area (Å²) in [6.07, 6.45) is 2.06. The maximum absolute atomic E-state index is 11.2. The van der Waals surface area contributed by atoms with Crippen LogP contribution in [0.3, 0.4) is 0 Å². The van der Waals surface area contributed by atoms with Crippen molar-refractivity contribution < 1.29 is 9.90 Å². The zero-order valence-electron chi connectivity index (χ0n) is 8.50. The quantitative estimate of drug-likeness (QED) is 0.634. The lowest BCUT2D eigenvalue weighted by Crippen LogP contribution is -2.58. The molecule has 2 N–H and O–H groups in total. The summed E-state index contributed by atoms with van der Waals surface area (Å²) in [7, 11) is 5.53. The molecule has 0 saturated heterocycles. The minimum atomic E-state index is -0.733. The van der Waals surface area contributed by atoms with Gasteiger partial charge in [0, 0.05) is 6.54 Å². The summed E-state index contributed by atoms with van der Waals surface area (Å²) in [4.78, 5) is 13.1. The van der Waals surface area contributed by atoms with Gasteiger partial charge in [-0.05, 0) is 39.9 Å². The molecule has 4 nitrogen and oxygen atoms in total. The minimum Gasteiger partial charge on any atom is -0.480 e. The highest BCUT2D eigenvalue weighted by Crippen LogP contribution is 2.40. The third-order valence-corrected chi connectivity index (χ3v) is 2.67. The van der Waals surface area contributed by atoms with E-state index in [0.29, 0.717) is 12.5 Å². The van der Waals surface area contributed by atoms with Crippen molar-refractivity contribution in [3.63, 3.8) is 0 Å². The summed E-state index contributed by atoms with van der Waals surface area (Å²) >= 11 is 0. The van der Waals surface area contributed by atoms with Gasteiger partial charge in [-0.2, -0.15) is 0 Å². The van der Waals surface area contributed by atoms with Crippen molar-refractivity contribution in [2.24, 2.45) is 5.92 Å². The fraction of sp³-hybridized carbons (Fsp3) is 0.889. The summed E-state index contributed by atoms with van der Waals surface area (Å²) in [5.41, 5.74) is -0.733. The summed E-state index contributed by atoms with van der Waals surface area (Å²) < 4.78 is 0. The molecule has 1 unspecified atom stereocenters. The Bertz CT molecular complexity index is 202. The highest BCUT2D eigenvalue weighted by atomic mass is 16.4. The van der Waals surface area contributed by atoms with E-state index in [1.54, 1.807) is 7.05 Å². The van der Waals surface area contributed by atoms with Gasteiger partial charge in [0.25, 0.3) is 0 Å². The number of likely N-dealkylation sites (N-methyl/N-ethyl adjacent to an activating group) is 2. The van der Waals surface area contributed by atoms with Crippen molar-refractivity contribution in [2.75, 3.05) is 27.7 Å². The van der Waals surface area contributed by atoms with Crippen molar-refractivity contribution in [1.82, 2.24) is 10.2 Å². The minimum absolute atomic E-state index is 0.303. The topological polar surface area (TPSA) is 52.6 Å². The fourth-order valence-corrected chi connectivity index (χ4v) is 1.84. The lowest BCUT2D eigenvalue weighted by atomic mass is 9.93. The average molecular weight is 186 g/mol. The van der Waals surface area contributed by atoms with Gasteiger partial charge in [0.05, 0.1) is 0 Å². The first kappa shape index (κ1) is 10.5. The van der Waals surface area contributed by atoms with Crippen LogP contribution in [-0.4, -0.2) is 49.2 Å². The molecule has 0 aromatic carbocycles. The van der Waals surface area contributed by atoms with Gasteiger partial charge < -0.3 is 15.3 Å². The molecule has 0 aliphatic heterocycles. The molecular weight excluding hydrogens is 168 g/mol. The van der Waals surface area contributed by atoms with E-state index >= 15 is 0 Å². The second-order valence-corrected chi connectivity index (χ2v) is 4.04. The van der Waals surface area contributed by atoms with Crippen LogP contribution in [-0.2, 0) is 4.79 Å². The van der Waals surface area contributed by atoms with Gasteiger partial charge in [0.2, 0.25) is 0 Å². The van der Waals surface area contributed by atoms with Crippen molar-refractivity contribution >= 4 is 5.97 Å². The van der Waals surface area contributed by atoms with Crippen LogP contribution in [0.5, 0.6) is 0 Å². The largest absolute Gasteiger partial charge is 0.480 e. The summed E-state index contributed by atoms with van der Waals surface area (Å²) in [6.45, 7) is 0.559. The van der Waals surface area contributed by atoms with Crippen molar-refractivity contribution in [3.05, 3.63) is 0 Å². The second kappa shape index (κ2) is 3.64. The average Bonchev–Trinajstić information content (AvgIpc) is 2.81. The highest BCUT2D eigenvalue weighted by molar-refractivity contribution is 5.80. The van der Waals surface area contributed by atoms with Gasteiger partial charge in [-0.25, -0.2) is 0 Å². The van der Waals surface area contributed by atoms with Crippen LogP contribution in [0.4, 0.5) is 0 Å². The molecule has 13 heavy (non-hydrogen) atoms. The SMILES string of the molecule is CNC(CN(C)C)(C(=O)O)C1CC1. The third-order valence-electron chi connectivity index (χ3n) is 2.67.